The number of anilines is 3. The Hall–Kier alpha value is -12.2. The molecule has 0 aliphatic heterocycles. The SMILES string of the molecule is O=S(=O)(Nc1ccccc1-c1ccc2nc(C#Cc3ccc(C(F)(F)F)cc3)[nH]c2c1)C(F)(F)F.O=S(=O)(Nc1ccccc1-c1ccc2nc(C#Cc3ccc(OC(F)(F)F)cc3)[nH]c2c1)C(F)(F)F.O=S(=O)(Nc1ccccc1-c1ccc2nc(C#Cc3ccc(S(=O)(=O)C(F)(F)F)cc3)[nH]c2c1)C(F)(F)F. The highest BCUT2D eigenvalue weighted by molar-refractivity contribution is 7.94. The lowest BCUT2D eigenvalue weighted by Crippen LogP contribution is -2.30. The number of hydrogen-bond donors (Lipinski definition) is 6. The zero-order valence-electron chi connectivity index (χ0n) is 53.5. The maximum absolute atomic E-state index is 12.8. The van der Waals surface area contributed by atoms with Gasteiger partial charge in [0, 0.05) is 33.4 Å². The molecule has 18 nitrogen and oxygen atoms in total. The topological polar surface area (TPSA) is 268 Å². The molecule has 0 spiro atoms. The lowest BCUT2D eigenvalue weighted by Gasteiger charge is -2.14. The molecule has 3 aromatic heterocycles. The number of ether oxygens (including phenoxy) is 1. The summed E-state index contributed by atoms with van der Waals surface area (Å²) >= 11 is 0. The third-order valence-electron chi connectivity index (χ3n) is 14.6. The van der Waals surface area contributed by atoms with Crippen LogP contribution in [0, 0.1) is 35.5 Å². The minimum atomic E-state index is -5.65. The molecule has 564 valence electrons. The number of halogens is 18. The first-order chi connectivity index (χ1) is 50.7. The van der Waals surface area contributed by atoms with Crippen molar-refractivity contribution in [1.29, 1.82) is 0 Å². The zero-order valence-corrected chi connectivity index (χ0v) is 56.8. The van der Waals surface area contributed by atoms with Crippen LogP contribution in [0.5, 0.6) is 5.75 Å². The molecule has 0 fully saturated rings. The Labute approximate surface area is 602 Å². The van der Waals surface area contributed by atoms with E-state index in [1.807, 2.05) is 0 Å². The predicted molar refractivity (Wildman–Crippen MR) is 363 cm³/mol. The fourth-order valence-corrected chi connectivity index (χ4v) is 12.0. The van der Waals surface area contributed by atoms with Gasteiger partial charge in [-0.05, 0) is 162 Å². The Balaban J connectivity index is 0.000000174. The number of aromatic nitrogens is 6. The van der Waals surface area contributed by atoms with Gasteiger partial charge in [0.2, 0.25) is 0 Å². The lowest BCUT2D eigenvalue weighted by molar-refractivity contribution is -0.274. The summed E-state index contributed by atoms with van der Waals surface area (Å²) in [6.07, 6.45) is -9.25. The highest BCUT2D eigenvalue weighted by atomic mass is 32.2. The largest absolute Gasteiger partial charge is 0.573 e. The van der Waals surface area contributed by atoms with E-state index < -0.39 is 84.9 Å². The van der Waals surface area contributed by atoms with Crippen molar-refractivity contribution in [2.75, 3.05) is 14.2 Å². The molecule has 0 unspecified atom stereocenters. The van der Waals surface area contributed by atoms with E-state index in [4.69, 9.17) is 0 Å². The smallest absolute Gasteiger partial charge is 0.406 e. The quantitative estimate of drug-likeness (QED) is 0.0521. The first-order valence-electron chi connectivity index (χ1n) is 29.8. The molecule has 0 saturated heterocycles. The first kappa shape index (κ1) is 79.4. The standard InChI is InChI=1S/C23H13F6N3O4S2.C23H13F6N3O3S.C23H13F6N3O2S/c24-22(25,26)37(33,34)16-9-5-14(6-10-16)7-12-21-30-19-11-8-15(13-20(19)31-21)17-3-1-2-4-18(17)32-38(35,36)23(27,28)29;24-22(25,26)35-16-9-5-14(6-10-16)7-12-21-30-19-11-8-15(13-20(19)31-21)17-3-1-2-4-18(17)32-36(33,34)23(27,28)29;24-22(25,26)16-9-5-14(6-10-16)7-12-21-30-19-11-8-15(13-20(19)31-21)17-3-1-2-4-18(17)32-35(33,34)23(27,28)29/h1-6,8-11,13,32H,(H,30,31);1-6,8-11,13,32H,(H,30,31);1-6,8-11,13,32H,(H,30,31). The molecule has 109 heavy (non-hydrogen) atoms. The molecule has 0 radical (unpaired) electrons. The molecule has 40 heteroatoms. The monoisotopic (exact) mass is 1610 g/mol. The summed E-state index contributed by atoms with van der Waals surface area (Å²) in [5.41, 5.74) is -18.1. The normalized spacial score (nSPS) is 12.4. The van der Waals surface area contributed by atoms with Gasteiger partial charge < -0.3 is 19.7 Å². The minimum absolute atomic E-state index is 0.134. The number of rotatable bonds is 11. The molecule has 9 aromatic carbocycles. The second-order valence-corrected chi connectivity index (χ2v) is 29.1. The second-order valence-electron chi connectivity index (χ2n) is 22.1. The van der Waals surface area contributed by atoms with Crippen LogP contribution in [-0.4, -0.2) is 92.0 Å². The summed E-state index contributed by atoms with van der Waals surface area (Å²) in [7, 11) is -22.4. The van der Waals surface area contributed by atoms with E-state index in [0.29, 0.717) is 60.9 Å². The van der Waals surface area contributed by atoms with Crippen LogP contribution in [0.4, 0.5) is 96.1 Å². The Bertz CT molecular complexity index is 6130. The Morgan fingerprint density at radius 3 is 0.908 bits per heavy atom. The zero-order chi connectivity index (χ0) is 79.5. The van der Waals surface area contributed by atoms with Gasteiger partial charge in [-0.3, -0.25) is 14.2 Å². The van der Waals surface area contributed by atoms with E-state index in [0.717, 1.165) is 48.5 Å². The van der Waals surface area contributed by atoms with Gasteiger partial charge in [0.05, 0.1) is 60.6 Å². The summed E-state index contributed by atoms with van der Waals surface area (Å²) in [5.74, 6) is 16.4. The Morgan fingerprint density at radius 1 is 0.330 bits per heavy atom. The molecule has 0 aliphatic carbocycles. The predicted octanol–water partition coefficient (Wildman–Crippen LogP) is 16.9. The molecule has 12 aromatic rings. The van der Waals surface area contributed by atoms with Gasteiger partial charge in [0.25, 0.3) is 9.84 Å². The van der Waals surface area contributed by atoms with Crippen LogP contribution < -0.4 is 18.9 Å². The third-order valence-corrected chi connectivity index (χ3v) is 19.3. The Morgan fingerprint density at radius 2 is 0.624 bits per heavy atom. The van der Waals surface area contributed by atoms with E-state index in [9.17, 15) is 113 Å². The minimum Gasteiger partial charge on any atom is -0.406 e. The van der Waals surface area contributed by atoms with E-state index in [-0.39, 0.29) is 62.5 Å². The van der Waals surface area contributed by atoms with E-state index in [1.165, 1.54) is 108 Å². The van der Waals surface area contributed by atoms with Crippen molar-refractivity contribution in [2.24, 2.45) is 0 Å². The average Bonchev–Trinajstić information content (AvgIpc) is 1.79. The maximum atomic E-state index is 12.8. The van der Waals surface area contributed by atoms with Crippen LogP contribution >= 0.6 is 0 Å². The Kier molecular flexibility index (Phi) is 22.0. The van der Waals surface area contributed by atoms with E-state index in [1.54, 1.807) is 58.0 Å². The van der Waals surface area contributed by atoms with Gasteiger partial charge >= 0.3 is 64.6 Å². The number of nitrogens with zero attached hydrogens (tertiary/aromatic N) is 3. The van der Waals surface area contributed by atoms with Gasteiger partial charge in [-0.2, -0.15) is 91.1 Å². The second kappa shape index (κ2) is 30.2. The molecule has 0 amide bonds. The molecule has 0 bridgehead atoms. The van der Waals surface area contributed by atoms with Gasteiger partial charge in [0.1, 0.15) is 5.75 Å². The van der Waals surface area contributed by atoms with Crippen LogP contribution in [0.3, 0.4) is 0 Å². The molecule has 0 saturated carbocycles. The number of sulfone groups is 1. The van der Waals surface area contributed by atoms with Gasteiger partial charge in [-0.15, -0.1) is 13.2 Å². The van der Waals surface area contributed by atoms with Crippen molar-refractivity contribution in [3.63, 3.8) is 0 Å². The first-order valence-corrected chi connectivity index (χ1v) is 35.7. The van der Waals surface area contributed by atoms with Crippen LogP contribution in [-0.2, 0) is 46.1 Å². The summed E-state index contributed by atoms with van der Waals surface area (Å²) in [6.45, 7) is 0. The number of fused-ring (bicyclic) bond motifs is 3. The number of para-hydroxylation sites is 3. The van der Waals surface area contributed by atoms with Crippen molar-refractivity contribution < 1.29 is 117 Å². The van der Waals surface area contributed by atoms with Gasteiger partial charge in [0.15, 0.2) is 17.5 Å². The van der Waals surface area contributed by atoms with Crippen molar-refractivity contribution in [3.8, 4) is 74.7 Å². The van der Waals surface area contributed by atoms with Crippen molar-refractivity contribution in [2.45, 2.75) is 39.5 Å². The number of aromatic amines is 3. The molecule has 6 N–H and O–H groups in total. The number of hydrogen-bond acceptors (Lipinski definition) is 12. The van der Waals surface area contributed by atoms with E-state index in [2.05, 4.69) is 70.2 Å². The molecular weight excluding hydrogens is 1570 g/mol. The fourth-order valence-electron chi connectivity index (χ4n) is 9.52. The van der Waals surface area contributed by atoms with E-state index >= 15 is 0 Å². The number of sulfonamides is 3. The number of alkyl halides is 18. The highest BCUT2D eigenvalue weighted by Gasteiger charge is 2.49. The average molecular weight is 1610 g/mol. The number of benzene rings is 9. The molecule has 0 atom stereocenters. The molecule has 3 heterocycles. The maximum Gasteiger partial charge on any atom is 0.573 e. The number of imidazole rings is 3. The summed E-state index contributed by atoms with van der Waals surface area (Å²) in [6, 6.07) is 43.6. The summed E-state index contributed by atoms with van der Waals surface area (Å²) < 4.78 is 329. The summed E-state index contributed by atoms with van der Waals surface area (Å²) in [4.78, 5) is 20.6. The van der Waals surface area contributed by atoms with Crippen molar-refractivity contribution >= 4 is 90.1 Å². The lowest BCUT2D eigenvalue weighted by atomic mass is 10.0. The van der Waals surface area contributed by atoms with Crippen molar-refractivity contribution in [3.05, 3.63) is 240 Å². The summed E-state index contributed by atoms with van der Waals surface area (Å²) in [5, 5.41) is 0. The van der Waals surface area contributed by atoms with Crippen molar-refractivity contribution in [1.82, 2.24) is 29.9 Å². The number of nitrogens with one attached hydrogen (secondary N) is 6. The highest BCUT2D eigenvalue weighted by Crippen LogP contribution is 2.39. The van der Waals surface area contributed by atoms with Gasteiger partial charge in [-0.1, -0.05) is 90.6 Å². The van der Waals surface area contributed by atoms with Crippen LogP contribution in [0.1, 0.15) is 39.7 Å². The number of H-pyrrole nitrogens is 3. The molecular formula is C69H39F18N9O9S4. The molecule has 0 aliphatic rings. The van der Waals surface area contributed by atoms with Gasteiger partial charge in [-0.25, -0.2) is 23.4 Å². The van der Waals surface area contributed by atoms with Crippen LogP contribution in [0.25, 0.3) is 66.5 Å². The third kappa shape index (κ3) is 19.3. The van der Waals surface area contributed by atoms with Crippen LogP contribution in [0.2, 0.25) is 0 Å². The van der Waals surface area contributed by atoms with Crippen LogP contribution in [0.15, 0.2) is 205 Å². The molecule has 12 rings (SSSR count). The fraction of sp³-hybridized carbons (Fsp3) is 0.0870.